The van der Waals surface area contributed by atoms with Crippen molar-refractivity contribution in [3.63, 3.8) is 0 Å². The van der Waals surface area contributed by atoms with Gasteiger partial charge in [-0.15, -0.1) is 0 Å². The molecule has 1 aromatic heterocycles. The number of hydrogen-bond acceptors (Lipinski definition) is 1. The standard InChI is InChI=1S/C13H15NO/c1-4-14-12(15)6-5-11-8-9(2)7-10(3)13(11)14/h5-8H,4H2,1-3H3. The van der Waals surface area contributed by atoms with E-state index in [1.807, 2.05) is 17.6 Å². The van der Waals surface area contributed by atoms with Gasteiger partial charge in [0.1, 0.15) is 0 Å². The van der Waals surface area contributed by atoms with Gasteiger partial charge in [0, 0.05) is 12.6 Å². The smallest absolute Gasteiger partial charge is 0.251 e. The quantitative estimate of drug-likeness (QED) is 0.695. The highest BCUT2D eigenvalue weighted by Crippen LogP contribution is 2.18. The number of benzene rings is 1. The number of rotatable bonds is 1. The van der Waals surface area contributed by atoms with E-state index in [-0.39, 0.29) is 5.56 Å². The van der Waals surface area contributed by atoms with E-state index in [0.717, 1.165) is 17.4 Å². The first-order valence-corrected chi connectivity index (χ1v) is 5.24. The predicted molar refractivity (Wildman–Crippen MR) is 63.4 cm³/mol. The molecule has 0 fully saturated rings. The third-order valence-corrected chi connectivity index (χ3v) is 2.73. The van der Waals surface area contributed by atoms with Gasteiger partial charge in [0.05, 0.1) is 5.52 Å². The molecule has 0 aliphatic heterocycles. The van der Waals surface area contributed by atoms with Crippen LogP contribution in [0.25, 0.3) is 10.9 Å². The molecule has 1 heterocycles. The van der Waals surface area contributed by atoms with Gasteiger partial charge in [0.15, 0.2) is 0 Å². The van der Waals surface area contributed by atoms with E-state index in [2.05, 4.69) is 26.0 Å². The van der Waals surface area contributed by atoms with Crippen LogP contribution in [-0.2, 0) is 6.54 Å². The summed E-state index contributed by atoms with van der Waals surface area (Å²) in [7, 11) is 0. The Hall–Kier alpha value is -1.57. The van der Waals surface area contributed by atoms with E-state index < -0.39 is 0 Å². The molecule has 2 heteroatoms. The third kappa shape index (κ3) is 1.56. The summed E-state index contributed by atoms with van der Waals surface area (Å²) in [6, 6.07) is 7.79. The molecular formula is C13H15NO. The summed E-state index contributed by atoms with van der Waals surface area (Å²) in [6.07, 6.45) is 0. The molecule has 0 saturated carbocycles. The largest absolute Gasteiger partial charge is 0.308 e. The fourth-order valence-corrected chi connectivity index (χ4v) is 2.16. The lowest BCUT2D eigenvalue weighted by Gasteiger charge is -2.10. The van der Waals surface area contributed by atoms with Crippen LogP contribution in [0.1, 0.15) is 18.1 Å². The Bertz CT molecular complexity index is 566. The first-order valence-electron chi connectivity index (χ1n) is 5.24. The maximum atomic E-state index is 11.7. The van der Waals surface area contributed by atoms with Crippen LogP contribution in [0.4, 0.5) is 0 Å². The molecule has 0 unspecified atom stereocenters. The van der Waals surface area contributed by atoms with E-state index in [0.29, 0.717) is 0 Å². The van der Waals surface area contributed by atoms with Crippen LogP contribution < -0.4 is 5.56 Å². The monoisotopic (exact) mass is 201 g/mol. The van der Waals surface area contributed by atoms with Crippen molar-refractivity contribution in [3.8, 4) is 0 Å². The van der Waals surface area contributed by atoms with E-state index >= 15 is 0 Å². The van der Waals surface area contributed by atoms with E-state index in [1.54, 1.807) is 6.07 Å². The molecule has 0 atom stereocenters. The van der Waals surface area contributed by atoms with E-state index in [4.69, 9.17) is 0 Å². The van der Waals surface area contributed by atoms with E-state index in [1.165, 1.54) is 11.1 Å². The van der Waals surface area contributed by atoms with Crippen molar-refractivity contribution < 1.29 is 0 Å². The average molecular weight is 201 g/mol. The molecular weight excluding hydrogens is 186 g/mol. The van der Waals surface area contributed by atoms with Crippen molar-refractivity contribution in [1.29, 1.82) is 0 Å². The molecule has 0 N–H and O–H groups in total. The number of hydrogen-bond donors (Lipinski definition) is 0. The van der Waals surface area contributed by atoms with Gasteiger partial charge in [0.25, 0.3) is 5.56 Å². The minimum absolute atomic E-state index is 0.0805. The Morgan fingerprint density at radius 2 is 1.93 bits per heavy atom. The topological polar surface area (TPSA) is 22.0 Å². The molecule has 2 rings (SSSR count). The molecule has 15 heavy (non-hydrogen) atoms. The third-order valence-electron chi connectivity index (χ3n) is 2.73. The van der Waals surface area contributed by atoms with Crippen LogP contribution in [0.2, 0.25) is 0 Å². The van der Waals surface area contributed by atoms with Crippen LogP contribution in [0.15, 0.2) is 29.1 Å². The second kappa shape index (κ2) is 3.54. The van der Waals surface area contributed by atoms with Crippen LogP contribution in [0.5, 0.6) is 0 Å². The SMILES string of the molecule is CCn1c(=O)ccc2cc(C)cc(C)c21. The summed E-state index contributed by atoms with van der Waals surface area (Å²) in [5, 5.41) is 1.15. The minimum Gasteiger partial charge on any atom is -0.308 e. The summed E-state index contributed by atoms with van der Waals surface area (Å²) >= 11 is 0. The normalized spacial score (nSPS) is 10.9. The molecule has 1 aromatic carbocycles. The second-order valence-corrected chi connectivity index (χ2v) is 3.94. The van der Waals surface area contributed by atoms with Crippen molar-refractivity contribution in [3.05, 3.63) is 45.7 Å². The van der Waals surface area contributed by atoms with Gasteiger partial charge < -0.3 is 4.57 Å². The Kier molecular flexibility index (Phi) is 2.35. The van der Waals surface area contributed by atoms with E-state index in [9.17, 15) is 4.79 Å². The predicted octanol–water partition coefficient (Wildman–Crippen LogP) is 2.64. The molecule has 0 aliphatic rings. The molecule has 0 spiro atoms. The summed E-state index contributed by atoms with van der Waals surface area (Å²) in [4.78, 5) is 11.7. The Labute approximate surface area is 89.2 Å². The molecule has 0 bridgehead atoms. The number of pyridine rings is 1. The van der Waals surface area contributed by atoms with Crippen molar-refractivity contribution in [2.45, 2.75) is 27.3 Å². The van der Waals surface area contributed by atoms with Crippen molar-refractivity contribution >= 4 is 10.9 Å². The van der Waals surface area contributed by atoms with Gasteiger partial charge in [0.2, 0.25) is 0 Å². The minimum atomic E-state index is 0.0805. The van der Waals surface area contributed by atoms with Crippen LogP contribution >= 0.6 is 0 Å². The Morgan fingerprint density at radius 1 is 1.20 bits per heavy atom. The highest BCUT2D eigenvalue weighted by molar-refractivity contribution is 5.82. The zero-order chi connectivity index (χ0) is 11.0. The van der Waals surface area contributed by atoms with Gasteiger partial charge in [-0.25, -0.2) is 0 Å². The first-order chi connectivity index (χ1) is 7.13. The number of aromatic nitrogens is 1. The number of fused-ring (bicyclic) bond motifs is 1. The summed E-state index contributed by atoms with van der Waals surface area (Å²) in [6.45, 7) is 6.86. The van der Waals surface area contributed by atoms with Gasteiger partial charge in [-0.3, -0.25) is 4.79 Å². The zero-order valence-corrected chi connectivity index (χ0v) is 9.37. The number of aryl methyl sites for hydroxylation is 3. The fourth-order valence-electron chi connectivity index (χ4n) is 2.16. The van der Waals surface area contributed by atoms with Crippen LogP contribution in [0.3, 0.4) is 0 Å². The molecule has 2 nitrogen and oxygen atoms in total. The molecule has 2 aromatic rings. The van der Waals surface area contributed by atoms with Gasteiger partial charge >= 0.3 is 0 Å². The number of nitrogens with zero attached hydrogens (tertiary/aromatic N) is 1. The van der Waals surface area contributed by atoms with Crippen LogP contribution in [0, 0.1) is 13.8 Å². The molecule has 0 aliphatic carbocycles. The summed E-state index contributed by atoms with van der Waals surface area (Å²) < 4.78 is 1.82. The average Bonchev–Trinajstić information content (AvgIpc) is 2.18. The maximum absolute atomic E-state index is 11.7. The first kappa shape index (κ1) is 9.97. The van der Waals surface area contributed by atoms with Crippen LogP contribution in [-0.4, -0.2) is 4.57 Å². The highest BCUT2D eigenvalue weighted by atomic mass is 16.1. The van der Waals surface area contributed by atoms with Crippen molar-refractivity contribution in [2.75, 3.05) is 0 Å². The molecule has 0 radical (unpaired) electrons. The van der Waals surface area contributed by atoms with Gasteiger partial charge in [-0.2, -0.15) is 0 Å². The maximum Gasteiger partial charge on any atom is 0.251 e. The molecule has 0 saturated heterocycles. The molecule has 78 valence electrons. The molecule has 0 amide bonds. The lowest BCUT2D eigenvalue weighted by Crippen LogP contribution is -2.18. The van der Waals surface area contributed by atoms with Gasteiger partial charge in [-0.1, -0.05) is 11.6 Å². The van der Waals surface area contributed by atoms with Crippen molar-refractivity contribution in [2.24, 2.45) is 0 Å². The Morgan fingerprint density at radius 3 is 2.60 bits per heavy atom. The van der Waals surface area contributed by atoms with Crippen molar-refractivity contribution in [1.82, 2.24) is 4.57 Å². The van der Waals surface area contributed by atoms with Gasteiger partial charge in [-0.05, 0) is 43.9 Å². The lowest BCUT2D eigenvalue weighted by atomic mass is 10.1. The lowest BCUT2D eigenvalue weighted by molar-refractivity contribution is 0.757. The Balaban J connectivity index is 2.98. The zero-order valence-electron chi connectivity index (χ0n) is 9.37. The summed E-state index contributed by atoms with van der Waals surface area (Å²) in [5.74, 6) is 0. The second-order valence-electron chi connectivity index (χ2n) is 3.94. The summed E-state index contributed by atoms with van der Waals surface area (Å²) in [5.41, 5.74) is 3.55. The highest BCUT2D eigenvalue weighted by Gasteiger charge is 2.04. The fraction of sp³-hybridized carbons (Fsp3) is 0.308.